The quantitative estimate of drug-likeness (QED) is 0.0517. The fraction of sp³-hybridized carbons (Fsp3) is 0.458. The van der Waals surface area contributed by atoms with E-state index in [1.54, 1.807) is 24.3 Å². The first-order valence-electron chi connectivity index (χ1n) is 21.4. The van der Waals surface area contributed by atoms with Crippen molar-refractivity contribution in [3.05, 3.63) is 105 Å². The number of amides is 2. The van der Waals surface area contributed by atoms with Gasteiger partial charge in [-0.3, -0.25) is 24.1 Å². The SMILES string of the molecule is Cc1cc(OCCCc2c(C(=O)OC(C)(C)C)n(CCN3CCOCC3)c3c(-c4c(C)nn(CCCOCCN5C(=O)c6ccccc6C5=O)c4C)cccc23)cc(C)c1Cl. The maximum atomic E-state index is 14.4. The molecule has 61 heavy (non-hydrogen) atoms. The Morgan fingerprint density at radius 2 is 1.49 bits per heavy atom. The summed E-state index contributed by atoms with van der Waals surface area (Å²) in [4.78, 5) is 43.6. The Morgan fingerprint density at radius 1 is 0.820 bits per heavy atom. The molecule has 2 amide bonds. The molecule has 2 aliphatic rings. The van der Waals surface area contributed by atoms with Crippen molar-refractivity contribution in [1.29, 1.82) is 0 Å². The number of carbonyl (C=O) groups is 3. The molecule has 5 aromatic rings. The van der Waals surface area contributed by atoms with Crippen LogP contribution in [0.4, 0.5) is 0 Å². The zero-order valence-corrected chi connectivity index (χ0v) is 37.3. The van der Waals surface area contributed by atoms with Crippen LogP contribution >= 0.6 is 11.6 Å². The summed E-state index contributed by atoms with van der Waals surface area (Å²) in [5.41, 5.74) is 8.58. The number of hydrogen-bond acceptors (Lipinski definition) is 9. The van der Waals surface area contributed by atoms with Crippen LogP contribution in [0.25, 0.3) is 22.0 Å². The van der Waals surface area contributed by atoms with E-state index in [0.29, 0.717) is 75.6 Å². The van der Waals surface area contributed by atoms with Gasteiger partial charge in [-0.05, 0) is 109 Å². The average Bonchev–Trinajstić information content (AvgIpc) is 3.79. The molecule has 0 bridgehead atoms. The number of aryl methyl sites for hydroxylation is 5. The molecule has 2 aliphatic heterocycles. The third-order valence-electron chi connectivity index (χ3n) is 11.4. The Kier molecular flexibility index (Phi) is 13.7. The second-order valence-corrected chi connectivity index (χ2v) is 17.4. The molecule has 0 N–H and O–H groups in total. The minimum absolute atomic E-state index is 0.202. The average molecular weight is 852 g/mol. The Labute approximate surface area is 363 Å². The predicted molar refractivity (Wildman–Crippen MR) is 237 cm³/mol. The largest absolute Gasteiger partial charge is 0.494 e. The van der Waals surface area contributed by atoms with Gasteiger partial charge in [0.25, 0.3) is 11.8 Å². The topological polar surface area (TPSA) is 117 Å². The van der Waals surface area contributed by atoms with Crippen LogP contribution in [0.2, 0.25) is 5.02 Å². The van der Waals surface area contributed by atoms with Gasteiger partial charge in [-0.1, -0.05) is 41.9 Å². The van der Waals surface area contributed by atoms with Crippen molar-refractivity contribution >= 4 is 40.3 Å². The van der Waals surface area contributed by atoms with E-state index < -0.39 is 5.60 Å². The monoisotopic (exact) mass is 851 g/mol. The maximum Gasteiger partial charge on any atom is 0.355 e. The van der Waals surface area contributed by atoms with Gasteiger partial charge in [0.15, 0.2) is 0 Å². The molecular weight excluding hydrogens is 794 g/mol. The number of aromatic nitrogens is 3. The highest BCUT2D eigenvalue weighted by Crippen LogP contribution is 2.39. The van der Waals surface area contributed by atoms with E-state index in [1.807, 2.05) is 58.4 Å². The fourth-order valence-electron chi connectivity index (χ4n) is 8.53. The molecule has 1 fully saturated rings. The van der Waals surface area contributed by atoms with Crippen LogP contribution in [-0.4, -0.2) is 107 Å². The van der Waals surface area contributed by atoms with Crippen LogP contribution in [0.5, 0.6) is 5.75 Å². The van der Waals surface area contributed by atoms with Gasteiger partial charge in [-0.2, -0.15) is 5.10 Å². The first kappa shape index (κ1) is 44.1. The van der Waals surface area contributed by atoms with Gasteiger partial charge < -0.3 is 23.5 Å². The molecule has 0 saturated carbocycles. The Morgan fingerprint density at radius 3 is 2.16 bits per heavy atom. The highest BCUT2D eigenvalue weighted by molar-refractivity contribution is 6.32. The number of rotatable bonds is 17. The van der Waals surface area contributed by atoms with Gasteiger partial charge in [0.2, 0.25) is 0 Å². The van der Waals surface area contributed by atoms with Gasteiger partial charge in [0.1, 0.15) is 17.0 Å². The predicted octanol–water partition coefficient (Wildman–Crippen LogP) is 8.39. The van der Waals surface area contributed by atoms with Crippen molar-refractivity contribution in [2.75, 3.05) is 59.2 Å². The number of morpholine rings is 1. The summed E-state index contributed by atoms with van der Waals surface area (Å²) in [5.74, 6) is -0.123. The minimum atomic E-state index is -0.691. The lowest BCUT2D eigenvalue weighted by atomic mass is 9.98. The molecular formula is C48H58ClN5O7. The molecule has 0 atom stereocenters. The second-order valence-electron chi connectivity index (χ2n) is 17.0. The van der Waals surface area contributed by atoms with Crippen LogP contribution in [-0.2, 0) is 33.7 Å². The number of ether oxygens (including phenoxy) is 4. The van der Waals surface area contributed by atoms with Gasteiger partial charge >= 0.3 is 5.97 Å². The van der Waals surface area contributed by atoms with Gasteiger partial charge in [-0.15, -0.1) is 0 Å². The number of fused-ring (bicyclic) bond motifs is 2. The standard InChI is InChI=1S/C48H58ClN5O7/c1-31-29-35(30-32(2)42(31)49)60-25-11-17-37-36-15-10-16-40(43(36)52(20-19-51-21-26-59-27-22-51)44(37)47(57)61-48(5,6)7)41-33(3)50-54(34(41)4)18-12-24-58-28-23-53-45(55)38-13-8-9-14-39(38)46(53)56/h8-10,13-16,29-30H,11-12,17-28H2,1-7H3. The van der Waals surface area contributed by atoms with E-state index in [9.17, 15) is 14.4 Å². The first-order chi connectivity index (χ1) is 29.2. The lowest BCUT2D eigenvalue weighted by molar-refractivity contribution is 0.00535. The molecule has 2 aromatic heterocycles. The first-order valence-corrected chi connectivity index (χ1v) is 21.8. The van der Waals surface area contributed by atoms with Gasteiger partial charge in [-0.25, -0.2) is 4.79 Å². The van der Waals surface area contributed by atoms with E-state index in [-0.39, 0.29) is 30.9 Å². The lowest BCUT2D eigenvalue weighted by Crippen LogP contribution is -2.38. The third kappa shape index (κ3) is 9.73. The van der Waals surface area contributed by atoms with Crippen LogP contribution in [0.3, 0.4) is 0 Å². The molecule has 7 rings (SSSR count). The molecule has 13 heteroatoms. The summed E-state index contributed by atoms with van der Waals surface area (Å²) in [6, 6.07) is 17.1. The molecule has 0 aliphatic carbocycles. The van der Waals surface area contributed by atoms with Gasteiger partial charge in [0, 0.05) is 66.6 Å². The number of halogens is 1. The van der Waals surface area contributed by atoms with Crippen LogP contribution in [0.1, 0.15) is 92.9 Å². The summed E-state index contributed by atoms with van der Waals surface area (Å²) in [6.45, 7) is 20.2. The number of carbonyl (C=O) groups excluding carboxylic acids is 3. The van der Waals surface area contributed by atoms with Crippen molar-refractivity contribution in [3.8, 4) is 16.9 Å². The normalized spacial score (nSPS) is 14.7. The minimum Gasteiger partial charge on any atom is -0.494 e. The Hall–Kier alpha value is -5.01. The lowest BCUT2D eigenvalue weighted by Gasteiger charge is -2.27. The number of imide groups is 1. The number of hydrogen-bond donors (Lipinski definition) is 0. The van der Waals surface area contributed by atoms with E-state index >= 15 is 0 Å². The summed E-state index contributed by atoms with van der Waals surface area (Å²) in [5, 5.41) is 6.76. The van der Waals surface area contributed by atoms with Crippen LogP contribution in [0.15, 0.2) is 54.6 Å². The summed E-state index contributed by atoms with van der Waals surface area (Å²) in [6.07, 6.45) is 1.97. The maximum absolute atomic E-state index is 14.4. The second kappa shape index (κ2) is 18.9. The number of esters is 1. The summed E-state index contributed by atoms with van der Waals surface area (Å²) >= 11 is 6.43. The molecule has 0 spiro atoms. The van der Waals surface area contributed by atoms with Crippen LogP contribution in [0, 0.1) is 27.7 Å². The van der Waals surface area contributed by atoms with Crippen molar-refractivity contribution in [2.45, 2.75) is 86.4 Å². The number of benzene rings is 3. The fourth-order valence-corrected chi connectivity index (χ4v) is 8.64. The van der Waals surface area contributed by atoms with E-state index in [0.717, 1.165) is 80.5 Å². The molecule has 1 saturated heterocycles. The summed E-state index contributed by atoms with van der Waals surface area (Å²) < 4.78 is 28.2. The molecule has 4 heterocycles. The highest BCUT2D eigenvalue weighted by Gasteiger charge is 2.35. The van der Waals surface area contributed by atoms with Crippen molar-refractivity contribution in [2.24, 2.45) is 0 Å². The van der Waals surface area contributed by atoms with Crippen molar-refractivity contribution < 1.29 is 33.3 Å². The van der Waals surface area contributed by atoms with E-state index in [4.69, 9.17) is 35.6 Å². The molecule has 12 nitrogen and oxygen atoms in total. The van der Waals surface area contributed by atoms with E-state index in [2.05, 4.69) is 34.6 Å². The van der Waals surface area contributed by atoms with Gasteiger partial charge in [0.05, 0.1) is 55.3 Å². The molecule has 0 unspecified atom stereocenters. The Balaban J connectivity index is 1.14. The Bertz CT molecular complexity index is 2360. The van der Waals surface area contributed by atoms with Crippen molar-refractivity contribution in [3.63, 3.8) is 0 Å². The zero-order valence-electron chi connectivity index (χ0n) is 36.6. The molecule has 0 radical (unpaired) electrons. The van der Waals surface area contributed by atoms with E-state index in [1.165, 1.54) is 4.90 Å². The molecule has 324 valence electrons. The number of para-hydroxylation sites is 1. The highest BCUT2D eigenvalue weighted by atomic mass is 35.5. The third-order valence-corrected chi connectivity index (χ3v) is 12.0. The summed E-state index contributed by atoms with van der Waals surface area (Å²) in [7, 11) is 0. The van der Waals surface area contributed by atoms with Crippen molar-refractivity contribution in [1.82, 2.24) is 24.1 Å². The van der Waals surface area contributed by atoms with Crippen LogP contribution < -0.4 is 4.74 Å². The zero-order chi connectivity index (χ0) is 43.4. The number of nitrogens with zero attached hydrogens (tertiary/aromatic N) is 5. The molecule has 3 aromatic carbocycles. The smallest absolute Gasteiger partial charge is 0.355 e.